The van der Waals surface area contributed by atoms with Crippen LogP contribution in [0.5, 0.6) is 0 Å². The first-order chi connectivity index (χ1) is 12.1. The smallest absolute Gasteiger partial charge is 0.338 e. The molecule has 0 saturated heterocycles. The fourth-order valence-corrected chi connectivity index (χ4v) is 3.17. The molecule has 25 heavy (non-hydrogen) atoms. The van der Waals surface area contributed by atoms with Crippen LogP contribution in [0.15, 0.2) is 60.7 Å². The summed E-state index contributed by atoms with van der Waals surface area (Å²) in [5.74, 6) is 1.54. The normalized spacial score (nSPS) is 19.7. The molecule has 0 unspecified atom stereocenters. The number of rotatable bonds is 3. The lowest BCUT2D eigenvalue weighted by molar-refractivity contribution is 0.0378. The third kappa shape index (κ3) is 6.74. The Bertz CT molecular complexity index is 611. The summed E-state index contributed by atoms with van der Waals surface area (Å²) >= 11 is 0. The summed E-state index contributed by atoms with van der Waals surface area (Å²) in [6, 6.07) is 20.0. The van der Waals surface area contributed by atoms with E-state index in [2.05, 4.69) is 37.3 Å². The summed E-state index contributed by atoms with van der Waals surface area (Å²) in [6.45, 7) is 6.04. The van der Waals surface area contributed by atoms with Crippen molar-refractivity contribution >= 4 is 5.97 Å². The van der Waals surface area contributed by atoms with Crippen LogP contribution < -0.4 is 0 Å². The minimum absolute atomic E-state index is 0.0577. The van der Waals surface area contributed by atoms with Crippen molar-refractivity contribution in [3.8, 4) is 0 Å². The van der Waals surface area contributed by atoms with Crippen LogP contribution in [-0.4, -0.2) is 12.1 Å². The first kappa shape index (κ1) is 19.2. The van der Waals surface area contributed by atoms with Crippen LogP contribution in [0.1, 0.15) is 68.3 Å². The third-order valence-electron chi connectivity index (χ3n) is 4.64. The standard InChI is InChI=1S/C13H18.C10H12O2/c1-11-7-9-13(10-8-11)12-5-3-2-4-6-12;1-8(2)12-10(11)9-6-4-3-5-7-9/h2-6,11,13H,7-10H2,1H3;3-8H,1-2H3. The molecule has 134 valence electrons. The molecule has 0 bridgehead atoms. The Kier molecular flexibility index (Phi) is 7.72. The molecule has 2 nitrogen and oxygen atoms in total. The van der Waals surface area contributed by atoms with Crippen molar-refractivity contribution < 1.29 is 9.53 Å². The van der Waals surface area contributed by atoms with E-state index in [1.807, 2.05) is 32.0 Å². The van der Waals surface area contributed by atoms with Gasteiger partial charge in [0.25, 0.3) is 0 Å². The van der Waals surface area contributed by atoms with Crippen molar-refractivity contribution in [1.29, 1.82) is 0 Å². The number of benzene rings is 2. The van der Waals surface area contributed by atoms with Gasteiger partial charge >= 0.3 is 5.97 Å². The Labute approximate surface area is 152 Å². The van der Waals surface area contributed by atoms with Crippen molar-refractivity contribution in [3.05, 3.63) is 71.8 Å². The van der Waals surface area contributed by atoms with Gasteiger partial charge in [-0.25, -0.2) is 4.79 Å². The van der Waals surface area contributed by atoms with Crippen LogP contribution in [0.25, 0.3) is 0 Å². The zero-order chi connectivity index (χ0) is 18.1. The molecule has 1 aliphatic rings. The molecule has 0 atom stereocenters. The minimum Gasteiger partial charge on any atom is -0.459 e. The van der Waals surface area contributed by atoms with E-state index in [-0.39, 0.29) is 12.1 Å². The summed E-state index contributed by atoms with van der Waals surface area (Å²) in [7, 11) is 0. The lowest BCUT2D eigenvalue weighted by Gasteiger charge is -2.26. The Morgan fingerprint density at radius 2 is 1.40 bits per heavy atom. The van der Waals surface area contributed by atoms with Gasteiger partial charge in [-0.2, -0.15) is 0 Å². The first-order valence-electron chi connectivity index (χ1n) is 9.37. The summed E-state index contributed by atoms with van der Waals surface area (Å²) < 4.78 is 5.00. The molecule has 0 aliphatic heterocycles. The molecule has 1 saturated carbocycles. The summed E-state index contributed by atoms with van der Waals surface area (Å²) in [5, 5.41) is 0. The van der Waals surface area contributed by atoms with Crippen LogP contribution in [0, 0.1) is 5.92 Å². The topological polar surface area (TPSA) is 26.3 Å². The fraction of sp³-hybridized carbons (Fsp3) is 0.435. The van der Waals surface area contributed by atoms with E-state index in [1.54, 1.807) is 17.7 Å². The lowest BCUT2D eigenvalue weighted by atomic mass is 9.79. The molecule has 1 fully saturated rings. The Morgan fingerprint density at radius 3 is 1.92 bits per heavy atom. The maximum Gasteiger partial charge on any atom is 0.338 e. The molecule has 0 N–H and O–H groups in total. The molecule has 0 spiro atoms. The molecule has 2 heteroatoms. The second-order valence-corrected chi connectivity index (χ2v) is 7.19. The molecule has 2 aromatic carbocycles. The van der Waals surface area contributed by atoms with Crippen LogP contribution in [0.3, 0.4) is 0 Å². The molecular weight excluding hydrogens is 308 g/mol. The lowest BCUT2D eigenvalue weighted by Crippen LogP contribution is -2.11. The monoisotopic (exact) mass is 338 g/mol. The molecular formula is C23H30O2. The van der Waals surface area contributed by atoms with E-state index in [4.69, 9.17) is 4.74 Å². The van der Waals surface area contributed by atoms with Crippen molar-refractivity contribution in [2.45, 2.75) is 58.5 Å². The Balaban J connectivity index is 0.000000181. The third-order valence-corrected chi connectivity index (χ3v) is 4.64. The predicted molar refractivity (Wildman–Crippen MR) is 104 cm³/mol. The quantitative estimate of drug-likeness (QED) is 0.620. The Hall–Kier alpha value is -2.09. The molecule has 0 aromatic heterocycles. The second kappa shape index (κ2) is 10.0. The maximum absolute atomic E-state index is 11.2. The molecule has 3 rings (SSSR count). The molecule has 1 aliphatic carbocycles. The average Bonchev–Trinajstić information content (AvgIpc) is 2.64. The molecule has 0 radical (unpaired) electrons. The first-order valence-corrected chi connectivity index (χ1v) is 9.37. The van der Waals surface area contributed by atoms with Crippen molar-refractivity contribution in [2.75, 3.05) is 0 Å². The van der Waals surface area contributed by atoms with Crippen molar-refractivity contribution in [3.63, 3.8) is 0 Å². The van der Waals surface area contributed by atoms with Gasteiger partial charge in [0.2, 0.25) is 0 Å². The van der Waals surface area contributed by atoms with Crippen LogP contribution in [-0.2, 0) is 4.74 Å². The zero-order valence-corrected chi connectivity index (χ0v) is 15.7. The predicted octanol–water partition coefficient (Wildman–Crippen LogP) is 6.23. The van der Waals surface area contributed by atoms with Crippen LogP contribution in [0.2, 0.25) is 0 Å². The maximum atomic E-state index is 11.2. The van der Waals surface area contributed by atoms with Gasteiger partial charge in [-0.15, -0.1) is 0 Å². The zero-order valence-electron chi connectivity index (χ0n) is 15.7. The number of hydrogen-bond donors (Lipinski definition) is 0. The van der Waals surface area contributed by atoms with Crippen LogP contribution in [0.4, 0.5) is 0 Å². The van der Waals surface area contributed by atoms with E-state index in [1.165, 1.54) is 25.7 Å². The number of carbonyl (C=O) groups excluding carboxylic acids is 1. The Morgan fingerprint density at radius 1 is 0.880 bits per heavy atom. The molecule has 0 amide bonds. The van der Waals surface area contributed by atoms with Crippen LogP contribution >= 0.6 is 0 Å². The van der Waals surface area contributed by atoms with E-state index >= 15 is 0 Å². The number of hydrogen-bond acceptors (Lipinski definition) is 2. The highest BCUT2D eigenvalue weighted by molar-refractivity contribution is 5.89. The van der Waals surface area contributed by atoms with E-state index in [0.717, 1.165) is 11.8 Å². The highest BCUT2D eigenvalue weighted by Crippen LogP contribution is 2.35. The highest BCUT2D eigenvalue weighted by Gasteiger charge is 2.18. The van der Waals surface area contributed by atoms with Gasteiger partial charge in [-0.3, -0.25) is 0 Å². The average molecular weight is 338 g/mol. The molecule has 2 aromatic rings. The van der Waals surface area contributed by atoms with Gasteiger partial charge in [-0.05, 0) is 56.2 Å². The van der Waals surface area contributed by atoms with Crippen molar-refractivity contribution in [2.24, 2.45) is 5.92 Å². The number of ether oxygens (including phenoxy) is 1. The van der Waals surface area contributed by atoms with Gasteiger partial charge in [0, 0.05) is 0 Å². The van der Waals surface area contributed by atoms with Gasteiger partial charge in [-0.1, -0.05) is 68.3 Å². The van der Waals surface area contributed by atoms with Gasteiger partial charge in [0.05, 0.1) is 11.7 Å². The van der Waals surface area contributed by atoms with Gasteiger partial charge in [0.15, 0.2) is 0 Å². The van der Waals surface area contributed by atoms with E-state index < -0.39 is 0 Å². The largest absolute Gasteiger partial charge is 0.459 e. The molecule has 0 heterocycles. The van der Waals surface area contributed by atoms with Crippen molar-refractivity contribution in [1.82, 2.24) is 0 Å². The number of esters is 1. The summed E-state index contributed by atoms with van der Waals surface area (Å²) in [6.07, 6.45) is 5.56. The summed E-state index contributed by atoms with van der Waals surface area (Å²) in [5.41, 5.74) is 2.15. The number of carbonyl (C=O) groups is 1. The second-order valence-electron chi connectivity index (χ2n) is 7.19. The van der Waals surface area contributed by atoms with Gasteiger partial charge < -0.3 is 4.74 Å². The fourth-order valence-electron chi connectivity index (χ4n) is 3.17. The minimum atomic E-state index is -0.259. The van der Waals surface area contributed by atoms with E-state index in [0.29, 0.717) is 5.56 Å². The van der Waals surface area contributed by atoms with Gasteiger partial charge in [0.1, 0.15) is 0 Å². The van der Waals surface area contributed by atoms with E-state index in [9.17, 15) is 4.79 Å². The summed E-state index contributed by atoms with van der Waals surface area (Å²) in [4.78, 5) is 11.2. The highest BCUT2D eigenvalue weighted by atomic mass is 16.5. The SMILES string of the molecule is CC(C)OC(=O)c1ccccc1.CC1CCC(c2ccccc2)CC1.